The smallest absolute Gasteiger partial charge is 0.159 e. The summed E-state index contributed by atoms with van der Waals surface area (Å²) in [5.41, 5.74) is 0.742. The van der Waals surface area contributed by atoms with E-state index < -0.39 is 0 Å². The van der Waals surface area contributed by atoms with Crippen LogP contribution in [0.1, 0.15) is 36.5 Å². The first-order valence-electron chi connectivity index (χ1n) is 7.16. The lowest BCUT2D eigenvalue weighted by Gasteiger charge is -2.37. The summed E-state index contributed by atoms with van der Waals surface area (Å²) in [4.78, 5) is 11.4. The molecule has 0 aromatic heterocycles. The van der Waals surface area contributed by atoms with Gasteiger partial charge in [0, 0.05) is 24.2 Å². The van der Waals surface area contributed by atoms with Crippen molar-refractivity contribution in [3.63, 3.8) is 0 Å². The van der Waals surface area contributed by atoms with E-state index in [0.29, 0.717) is 5.56 Å². The van der Waals surface area contributed by atoms with E-state index in [0.717, 1.165) is 37.4 Å². The number of ketones is 1. The molecule has 3 rings (SSSR count). The molecule has 2 atom stereocenters. The maximum Gasteiger partial charge on any atom is 0.159 e. The standard InChI is InChI=1S/C16H20O3S/c1-12(17)13-3-2-4-14(9-13)19-15-5-7-18-16(10-15)6-8-20-11-16/h2-4,9,15H,5-8,10-11H2,1H3. The number of carbonyl (C=O) groups excluding carboxylic acids is 1. The van der Waals surface area contributed by atoms with Crippen molar-refractivity contribution >= 4 is 17.5 Å². The van der Waals surface area contributed by atoms with Gasteiger partial charge in [-0.15, -0.1) is 0 Å². The second kappa shape index (κ2) is 5.78. The Hall–Kier alpha value is -1.00. The van der Waals surface area contributed by atoms with Crippen molar-refractivity contribution in [1.29, 1.82) is 0 Å². The van der Waals surface area contributed by atoms with Gasteiger partial charge in [-0.2, -0.15) is 11.8 Å². The molecule has 0 aliphatic carbocycles. The van der Waals surface area contributed by atoms with Crippen LogP contribution in [0.4, 0.5) is 0 Å². The Morgan fingerprint density at radius 3 is 3.15 bits per heavy atom. The van der Waals surface area contributed by atoms with Crippen LogP contribution in [0.5, 0.6) is 5.75 Å². The van der Waals surface area contributed by atoms with Gasteiger partial charge in [-0.05, 0) is 31.2 Å². The molecule has 1 spiro atoms. The first-order chi connectivity index (χ1) is 9.67. The van der Waals surface area contributed by atoms with Gasteiger partial charge >= 0.3 is 0 Å². The minimum absolute atomic E-state index is 0.0335. The molecule has 0 amide bonds. The highest BCUT2D eigenvalue weighted by Gasteiger charge is 2.41. The van der Waals surface area contributed by atoms with Gasteiger partial charge in [-0.1, -0.05) is 12.1 Å². The fourth-order valence-electron chi connectivity index (χ4n) is 2.93. The summed E-state index contributed by atoms with van der Waals surface area (Å²) < 4.78 is 12.1. The minimum atomic E-state index is 0.0335. The van der Waals surface area contributed by atoms with Crippen LogP contribution < -0.4 is 4.74 Å². The second-order valence-corrected chi connectivity index (χ2v) is 6.76. The normalized spacial score (nSPS) is 29.6. The van der Waals surface area contributed by atoms with Crippen molar-refractivity contribution in [3.05, 3.63) is 29.8 Å². The predicted octanol–water partition coefficient (Wildman–Crippen LogP) is 3.32. The van der Waals surface area contributed by atoms with Crippen LogP contribution in [-0.2, 0) is 4.74 Å². The van der Waals surface area contributed by atoms with E-state index in [1.807, 2.05) is 36.0 Å². The van der Waals surface area contributed by atoms with Crippen LogP contribution >= 0.6 is 11.8 Å². The summed E-state index contributed by atoms with van der Waals surface area (Å²) in [6, 6.07) is 7.48. The molecule has 2 fully saturated rings. The molecule has 0 radical (unpaired) electrons. The van der Waals surface area contributed by atoms with Crippen LogP contribution in [0.25, 0.3) is 0 Å². The zero-order valence-electron chi connectivity index (χ0n) is 11.8. The third-order valence-electron chi connectivity index (χ3n) is 4.06. The number of carbonyl (C=O) groups is 1. The van der Waals surface area contributed by atoms with Crippen LogP contribution in [0.2, 0.25) is 0 Å². The second-order valence-electron chi connectivity index (χ2n) is 5.65. The molecule has 3 nitrogen and oxygen atoms in total. The maximum atomic E-state index is 11.4. The van der Waals surface area contributed by atoms with Crippen LogP contribution in [0, 0.1) is 0 Å². The van der Waals surface area contributed by atoms with Gasteiger partial charge in [0.25, 0.3) is 0 Å². The molecule has 2 heterocycles. The van der Waals surface area contributed by atoms with E-state index >= 15 is 0 Å². The highest BCUT2D eigenvalue weighted by molar-refractivity contribution is 7.99. The van der Waals surface area contributed by atoms with E-state index in [2.05, 4.69) is 0 Å². The Morgan fingerprint density at radius 1 is 1.50 bits per heavy atom. The summed E-state index contributed by atoms with van der Waals surface area (Å²) in [6.07, 6.45) is 3.22. The Kier molecular flexibility index (Phi) is 4.03. The van der Waals surface area contributed by atoms with Gasteiger partial charge in [0.1, 0.15) is 11.9 Å². The fourth-order valence-corrected chi connectivity index (χ4v) is 4.31. The SMILES string of the molecule is CC(=O)c1cccc(OC2CCOC3(CCSC3)C2)c1. The van der Waals surface area contributed by atoms with E-state index in [1.165, 1.54) is 5.75 Å². The maximum absolute atomic E-state index is 11.4. The van der Waals surface area contributed by atoms with Gasteiger partial charge in [0.2, 0.25) is 0 Å². The van der Waals surface area contributed by atoms with E-state index in [1.54, 1.807) is 6.92 Å². The highest BCUT2D eigenvalue weighted by atomic mass is 32.2. The Morgan fingerprint density at radius 2 is 2.40 bits per heavy atom. The van der Waals surface area contributed by atoms with E-state index in [4.69, 9.17) is 9.47 Å². The molecule has 2 aliphatic heterocycles. The summed E-state index contributed by atoms with van der Waals surface area (Å²) in [5.74, 6) is 3.14. The first kappa shape index (κ1) is 14.0. The molecule has 1 aromatic rings. The van der Waals surface area contributed by atoms with Gasteiger partial charge in [-0.25, -0.2) is 0 Å². The van der Waals surface area contributed by atoms with E-state index in [-0.39, 0.29) is 17.5 Å². The molecule has 2 aliphatic rings. The average Bonchev–Trinajstić information content (AvgIpc) is 2.87. The Bertz CT molecular complexity index is 494. The lowest BCUT2D eigenvalue weighted by atomic mass is 9.91. The van der Waals surface area contributed by atoms with Crippen molar-refractivity contribution in [3.8, 4) is 5.75 Å². The molecule has 0 N–H and O–H groups in total. The number of hydrogen-bond acceptors (Lipinski definition) is 4. The number of Topliss-reactive ketones (excluding diaryl/α,β-unsaturated/α-hetero) is 1. The molecule has 108 valence electrons. The van der Waals surface area contributed by atoms with Crippen molar-refractivity contribution in [2.75, 3.05) is 18.1 Å². The van der Waals surface area contributed by atoms with Gasteiger partial charge in [0.05, 0.1) is 12.2 Å². The van der Waals surface area contributed by atoms with Crippen molar-refractivity contribution in [2.24, 2.45) is 0 Å². The highest BCUT2D eigenvalue weighted by Crippen LogP contribution is 2.39. The van der Waals surface area contributed by atoms with Crippen LogP contribution in [0.3, 0.4) is 0 Å². The zero-order valence-corrected chi connectivity index (χ0v) is 12.6. The monoisotopic (exact) mass is 292 g/mol. The number of thioether (sulfide) groups is 1. The number of hydrogen-bond donors (Lipinski definition) is 0. The first-order valence-corrected chi connectivity index (χ1v) is 8.32. The summed E-state index contributed by atoms with van der Waals surface area (Å²) in [5, 5.41) is 0. The third kappa shape index (κ3) is 3.01. The lowest BCUT2D eigenvalue weighted by molar-refractivity contribution is -0.0959. The molecule has 1 aromatic carbocycles. The van der Waals surface area contributed by atoms with Crippen LogP contribution in [0.15, 0.2) is 24.3 Å². The van der Waals surface area contributed by atoms with Gasteiger partial charge in [0.15, 0.2) is 5.78 Å². The summed E-state index contributed by atoms with van der Waals surface area (Å²) in [6.45, 7) is 2.36. The molecular formula is C16H20O3S. The summed E-state index contributed by atoms with van der Waals surface area (Å²) in [7, 11) is 0. The van der Waals surface area contributed by atoms with Crippen molar-refractivity contribution in [2.45, 2.75) is 37.9 Å². The van der Waals surface area contributed by atoms with E-state index in [9.17, 15) is 4.79 Å². The molecule has 0 bridgehead atoms. The van der Waals surface area contributed by atoms with Gasteiger partial charge < -0.3 is 9.47 Å². The largest absolute Gasteiger partial charge is 0.490 e. The third-order valence-corrected chi connectivity index (χ3v) is 5.28. The number of ether oxygens (including phenoxy) is 2. The Labute approximate surface area is 124 Å². The fraction of sp³-hybridized carbons (Fsp3) is 0.562. The van der Waals surface area contributed by atoms with Gasteiger partial charge in [-0.3, -0.25) is 4.79 Å². The zero-order chi connectivity index (χ0) is 14.0. The number of rotatable bonds is 3. The average molecular weight is 292 g/mol. The van der Waals surface area contributed by atoms with Crippen molar-refractivity contribution < 1.29 is 14.3 Å². The molecule has 0 saturated carbocycles. The summed E-state index contributed by atoms with van der Waals surface area (Å²) >= 11 is 1.97. The molecule has 20 heavy (non-hydrogen) atoms. The quantitative estimate of drug-likeness (QED) is 0.801. The molecule has 4 heteroatoms. The number of benzene rings is 1. The predicted molar refractivity (Wildman–Crippen MR) is 80.7 cm³/mol. The molecular weight excluding hydrogens is 272 g/mol. The molecule has 2 unspecified atom stereocenters. The topological polar surface area (TPSA) is 35.5 Å². The lowest BCUT2D eigenvalue weighted by Crippen LogP contribution is -2.43. The van der Waals surface area contributed by atoms with Crippen LogP contribution in [-0.4, -0.2) is 35.6 Å². The van der Waals surface area contributed by atoms with Crippen molar-refractivity contribution in [1.82, 2.24) is 0 Å². The minimum Gasteiger partial charge on any atom is -0.490 e. The Balaban J connectivity index is 1.68. The molecule has 2 saturated heterocycles.